The van der Waals surface area contributed by atoms with Crippen LogP contribution in [0.4, 0.5) is 0 Å². The van der Waals surface area contributed by atoms with Gasteiger partial charge in [-0.2, -0.15) is 0 Å². The molecule has 4 nitrogen and oxygen atoms in total. The number of ether oxygens (including phenoxy) is 1. The average molecular weight is 148 g/mol. The lowest BCUT2D eigenvalue weighted by Gasteiger charge is -2.12. The van der Waals surface area contributed by atoms with Gasteiger partial charge in [-0.3, -0.25) is 4.84 Å². The van der Waals surface area contributed by atoms with Crippen molar-refractivity contribution < 1.29 is 9.57 Å². The zero-order chi connectivity index (χ0) is 7.82. The van der Waals surface area contributed by atoms with Crippen LogP contribution in [0.2, 0.25) is 0 Å². The van der Waals surface area contributed by atoms with Gasteiger partial charge in [0, 0.05) is 13.2 Å². The Morgan fingerprint density at radius 2 is 2.00 bits per heavy atom. The molecule has 0 fully saturated rings. The van der Waals surface area contributed by atoms with Crippen molar-refractivity contribution in [1.29, 1.82) is 0 Å². The third-order valence-corrected chi connectivity index (χ3v) is 1.00. The second kappa shape index (κ2) is 6.95. The number of rotatable bonds is 6. The summed E-state index contributed by atoms with van der Waals surface area (Å²) >= 11 is 0. The van der Waals surface area contributed by atoms with Gasteiger partial charge in [-0.1, -0.05) is 0 Å². The van der Waals surface area contributed by atoms with Gasteiger partial charge in [-0.15, -0.1) is 5.17 Å². The minimum absolute atomic E-state index is 0.526. The van der Waals surface area contributed by atoms with Gasteiger partial charge in [0.2, 0.25) is 0 Å². The van der Waals surface area contributed by atoms with Crippen molar-refractivity contribution in [2.45, 2.75) is 13.8 Å². The molecule has 0 aromatic rings. The second-order valence-electron chi connectivity index (χ2n) is 1.76. The molecule has 0 radical (unpaired) electrons. The zero-order valence-electron chi connectivity index (χ0n) is 6.67. The quantitative estimate of drug-likeness (QED) is 0.331. The lowest BCUT2D eigenvalue weighted by Crippen LogP contribution is -2.32. The zero-order valence-corrected chi connectivity index (χ0v) is 6.67. The van der Waals surface area contributed by atoms with E-state index in [0.717, 1.165) is 6.61 Å². The fourth-order valence-corrected chi connectivity index (χ4v) is 0.449. The molecule has 2 N–H and O–H groups in total. The predicted octanol–water partition coefficient (Wildman–Crippen LogP) is 0.150. The topological polar surface area (TPSA) is 47.7 Å². The van der Waals surface area contributed by atoms with Crippen LogP contribution in [0, 0.1) is 0 Å². The third kappa shape index (κ3) is 5.97. The molecule has 0 aromatic carbocycles. The Bertz CT molecular complexity index is 70.8. The molecule has 0 saturated heterocycles. The molecular formula is C6H16N2O2. The fraction of sp³-hybridized carbons (Fsp3) is 1.00. The normalized spacial score (nSPS) is 10.8. The minimum atomic E-state index is 0.526. The van der Waals surface area contributed by atoms with E-state index in [0.29, 0.717) is 19.8 Å². The lowest BCUT2D eigenvalue weighted by atomic mass is 10.7. The Kier molecular flexibility index (Phi) is 6.84. The van der Waals surface area contributed by atoms with Gasteiger partial charge >= 0.3 is 0 Å². The van der Waals surface area contributed by atoms with Crippen LogP contribution in [-0.4, -0.2) is 31.5 Å². The van der Waals surface area contributed by atoms with Crippen LogP contribution in [-0.2, 0) is 9.57 Å². The lowest BCUT2D eigenvalue weighted by molar-refractivity contribution is -0.169. The Hall–Kier alpha value is -0.160. The van der Waals surface area contributed by atoms with Crippen LogP contribution in [0.5, 0.6) is 0 Å². The highest BCUT2D eigenvalue weighted by Gasteiger charge is 1.92. The first-order valence-electron chi connectivity index (χ1n) is 3.54. The summed E-state index contributed by atoms with van der Waals surface area (Å²) in [6, 6.07) is 0. The van der Waals surface area contributed by atoms with E-state index in [-0.39, 0.29) is 0 Å². The van der Waals surface area contributed by atoms with Gasteiger partial charge in [-0.25, -0.2) is 5.84 Å². The van der Waals surface area contributed by atoms with Crippen LogP contribution >= 0.6 is 0 Å². The Labute approximate surface area is 61.8 Å². The summed E-state index contributed by atoms with van der Waals surface area (Å²) in [6.45, 7) is 6.40. The van der Waals surface area contributed by atoms with Gasteiger partial charge in [0.15, 0.2) is 0 Å². The van der Waals surface area contributed by atoms with Gasteiger partial charge in [0.1, 0.15) is 0 Å². The number of hydrogen-bond acceptors (Lipinski definition) is 4. The summed E-state index contributed by atoms with van der Waals surface area (Å²) in [5.74, 6) is 5.31. The number of hydrazine groups is 1. The number of nitrogens with two attached hydrogens (primary N) is 1. The summed E-state index contributed by atoms with van der Waals surface area (Å²) < 4.78 is 5.02. The van der Waals surface area contributed by atoms with Crippen molar-refractivity contribution in [1.82, 2.24) is 5.17 Å². The molecule has 4 heteroatoms. The van der Waals surface area contributed by atoms with E-state index in [2.05, 4.69) is 0 Å². The fourth-order valence-electron chi connectivity index (χ4n) is 0.449. The van der Waals surface area contributed by atoms with E-state index in [1.165, 1.54) is 5.17 Å². The first-order valence-corrected chi connectivity index (χ1v) is 3.54. The predicted molar refractivity (Wildman–Crippen MR) is 39.0 cm³/mol. The Morgan fingerprint density at radius 1 is 1.30 bits per heavy atom. The molecule has 0 bridgehead atoms. The molecule has 0 spiro atoms. The third-order valence-electron chi connectivity index (χ3n) is 1.00. The molecule has 0 unspecified atom stereocenters. The first-order chi connectivity index (χ1) is 4.81. The minimum Gasteiger partial charge on any atom is -0.379 e. The number of hydrogen-bond donors (Lipinski definition) is 1. The molecule has 0 aromatic heterocycles. The van der Waals surface area contributed by atoms with E-state index in [1.54, 1.807) is 0 Å². The summed E-state index contributed by atoms with van der Waals surface area (Å²) in [5, 5.41) is 1.29. The highest BCUT2D eigenvalue weighted by molar-refractivity contribution is 4.26. The van der Waals surface area contributed by atoms with Crippen LogP contribution < -0.4 is 5.84 Å². The monoisotopic (exact) mass is 148 g/mol. The van der Waals surface area contributed by atoms with Crippen molar-refractivity contribution in [3.05, 3.63) is 0 Å². The summed E-state index contributed by atoms with van der Waals surface area (Å²) in [6.07, 6.45) is 0. The van der Waals surface area contributed by atoms with Gasteiger partial charge < -0.3 is 4.74 Å². The molecule has 0 aliphatic carbocycles. The van der Waals surface area contributed by atoms with E-state index in [9.17, 15) is 0 Å². The first kappa shape index (κ1) is 9.84. The standard InChI is InChI=1S/C6H16N2O2/c1-3-8(7)10-6-5-9-4-2/h3-7H2,1-2H3. The van der Waals surface area contributed by atoms with Gasteiger partial charge in [0.25, 0.3) is 0 Å². The van der Waals surface area contributed by atoms with Gasteiger partial charge in [0.05, 0.1) is 13.2 Å². The van der Waals surface area contributed by atoms with Crippen molar-refractivity contribution in [2.75, 3.05) is 26.4 Å². The van der Waals surface area contributed by atoms with Crippen LogP contribution in [0.25, 0.3) is 0 Å². The molecule has 0 amide bonds. The summed E-state index contributed by atoms with van der Waals surface area (Å²) in [5.41, 5.74) is 0. The van der Waals surface area contributed by atoms with Gasteiger partial charge in [-0.05, 0) is 13.8 Å². The smallest absolute Gasteiger partial charge is 0.0935 e. The largest absolute Gasteiger partial charge is 0.379 e. The highest BCUT2D eigenvalue weighted by Crippen LogP contribution is 1.80. The Morgan fingerprint density at radius 3 is 2.50 bits per heavy atom. The van der Waals surface area contributed by atoms with Crippen molar-refractivity contribution >= 4 is 0 Å². The number of nitrogens with zero attached hydrogens (tertiary/aromatic N) is 1. The average Bonchev–Trinajstić information content (AvgIpc) is 1.98. The number of hydroxylamine groups is 1. The maximum absolute atomic E-state index is 5.31. The second-order valence-corrected chi connectivity index (χ2v) is 1.76. The van der Waals surface area contributed by atoms with E-state index in [1.807, 2.05) is 13.8 Å². The molecule has 0 heterocycles. The Balaban J connectivity index is 2.89. The molecular weight excluding hydrogens is 132 g/mol. The SMILES string of the molecule is CCOCCON(N)CC. The summed E-state index contributed by atoms with van der Waals surface area (Å²) in [7, 11) is 0. The molecule has 0 atom stereocenters. The van der Waals surface area contributed by atoms with Crippen molar-refractivity contribution in [3.8, 4) is 0 Å². The highest BCUT2D eigenvalue weighted by atomic mass is 16.7. The van der Waals surface area contributed by atoms with Crippen LogP contribution in [0.15, 0.2) is 0 Å². The maximum Gasteiger partial charge on any atom is 0.0935 e. The molecule has 0 saturated carbocycles. The molecule has 0 aliphatic heterocycles. The summed E-state index contributed by atoms with van der Waals surface area (Å²) in [4.78, 5) is 4.98. The van der Waals surface area contributed by atoms with Crippen LogP contribution in [0.1, 0.15) is 13.8 Å². The van der Waals surface area contributed by atoms with Crippen molar-refractivity contribution in [2.24, 2.45) is 5.84 Å². The van der Waals surface area contributed by atoms with Crippen molar-refractivity contribution in [3.63, 3.8) is 0 Å². The maximum atomic E-state index is 5.31. The molecule has 62 valence electrons. The van der Waals surface area contributed by atoms with E-state index < -0.39 is 0 Å². The molecule has 10 heavy (non-hydrogen) atoms. The van der Waals surface area contributed by atoms with Crippen LogP contribution in [0.3, 0.4) is 0 Å². The van der Waals surface area contributed by atoms with E-state index >= 15 is 0 Å². The van der Waals surface area contributed by atoms with E-state index in [4.69, 9.17) is 15.4 Å². The molecule has 0 rings (SSSR count). The molecule has 0 aliphatic rings.